The number of anilines is 2. The summed E-state index contributed by atoms with van der Waals surface area (Å²) < 4.78 is 109. The molecule has 0 amide bonds. The smallest absolute Gasteiger partial charge is 0.744 e. The van der Waals surface area contributed by atoms with Crippen LogP contribution in [0.5, 0.6) is 5.75 Å². The molecule has 0 atom stereocenters. The number of azo groups is 3. The molecule has 0 aliphatic carbocycles. The monoisotopic (exact) mass is 918 g/mol. The van der Waals surface area contributed by atoms with Gasteiger partial charge in [-0.1, -0.05) is 60.7 Å². The van der Waals surface area contributed by atoms with Gasteiger partial charge in [-0.3, -0.25) is 0 Å². The molecular weight excluding hydrogens is 894 g/mol. The van der Waals surface area contributed by atoms with E-state index >= 15 is 0 Å². The molecule has 0 aliphatic rings. The second-order valence-corrected chi connectivity index (χ2v) is 16.6. The molecule has 0 aliphatic heterocycles. The van der Waals surface area contributed by atoms with Gasteiger partial charge in [-0.05, 0) is 77.2 Å². The summed E-state index contributed by atoms with van der Waals surface area (Å²) >= 11 is 0. The summed E-state index contributed by atoms with van der Waals surface area (Å²) in [5.74, 6) is -0.940. The predicted octanol–water partition coefficient (Wildman–Crippen LogP) is -0.499. The molecule has 24 heteroatoms. The first-order chi connectivity index (χ1) is 27.9. The normalized spacial score (nSPS) is 12.1. The summed E-state index contributed by atoms with van der Waals surface area (Å²) in [6.07, 6.45) is 0. The van der Waals surface area contributed by atoms with E-state index in [4.69, 9.17) is 11.5 Å². The zero-order valence-electron chi connectivity index (χ0n) is 32.7. The Kier molecular flexibility index (Phi) is 16.5. The van der Waals surface area contributed by atoms with E-state index in [0.29, 0.717) is 11.1 Å². The minimum atomic E-state index is -5.34. The SMILES string of the molecule is Nc1c(N=Nc2ccc(-c3ccc(N=Nc4c(S(=O)(=O)[O-])cc5cc(S(=O)(=O)[O-])c(N=Nc6ccccc6)c(O)c5c4N)cc3)cc2)ccc2c(S(=O)(=O)[O-])cccc12.[Na+].[Na+].[Na+]. The maximum atomic E-state index is 12.4. The Morgan fingerprint density at radius 3 is 1.44 bits per heavy atom. The van der Waals surface area contributed by atoms with E-state index in [1.807, 2.05) is 0 Å². The average Bonchev–Trinajstić information content (AvgIpc) is 3.19. The van der Waals surface area contributed by atoms with E-state index in [9.17, 15) is 44.0 Å². The molecular formula is C38H25N8Na3O10S3. The Balaban J connectivity index is 0.00000282. The van der Waals surface area contributed by atoms with Crippen LogP contribution in [0.25, 0.3) is 32.7 Å². The van der Waals surface area contributed by atoms with Gasteiger partial charge in [0.2, 0.25) is 0 Å². The fourth-order valence-electron chi connectivity index (χ4n) is 6.00. The third-order valence-corrected chi connectivity index (χ3v) is 11.4. The van der Waals surface area contributed by atoms with E-state index in [1.54, 1.807) is 60.7 Å². The fraction of sp³-hybridized carbons (Fsp3) is 0. The van der Waals surface area contributed by atoms with Gasteiger partial charge in [0.1, 0.15) is 47.4 Å². The number of hydrogen-bond donors (Lipinski definition) is 3. The predicted molar refractivity (Wildman–Crippen MR) is 213 cm³/mol. The Labute approximate surface area is 420 Å². The number of aromatic hydroxyl groups is 1. The summed E-state index contributed by atoms with van der Waals surface area (Å²) in [5.41, 5.74) is 13.2. The van der Waals surface area contributed by atoms with E-state index in [-0.39, 0.29) is 128 Å². The summed E-state index contributed by atoms with van der Waals surface area (Å²) in [5, 5.41) is 35.0. The Morgan fingerprint density at radius 2 is 0.919 bits per heavy atom. The van der Waals surface area contributed by atoms with Crippen LogP contribution in [0.2, 0.25) is 0 Å². The van der Waals surface area contributed by atoms with Gasteiger partial charge >= 0.3 is 88.7 Å². The molecule has 18 nitrogen and oxygen atoms in total. The number of fused-ring (bicyclic) bond motifs is 2. The summed E-state index contributed by atoms with van der Waals surface area (Å²) in [6, 6.07) is 29.7. The molecule has 0 heterocycles. The number of rotatable bonds is 10. The van der Waals surface area contributed by atoms with Gasteiger partial charge in [0, 0.05) is 10.8 Å². The molecule has 0 aromatic heterocycles. The van der Waals surface area contributed by atoms with Crippen LogP contribution in [-0.2, 0) is 30.4 Å². The standard InChI is InChI=1S/C38H28N8O10S3.3Na/c39-34-28-7-4-8-30(57(48,49)50)27(28)17-18-29(34)44-41-25-13-9-21(10-14-25)22-11-15-26(16-12-22)43-45-36-31(58(51,52)53)19-23-20-32(59(54,55)56)37(38(47)33(23)35(36)40)46-42-24-5-2-1-3-6-24;;;/h1-20,47H,39-40H2,(H,48,49,50)(H,51,52,53)(H,54,55,56);;;/q;3*+1/p-3. The molecule has 5 N–H and O–H groups in total. The quantitative estimate of drug-likeness (QED) is 0.0677. The maximum absolute atomic E-state index is 12.4. The topological polar surface area (TPSA) is 318 Å². The number of nitrogens with two attached hydrogens (primary N) is 2. The minimum Gasteiger partial charge on any atom is -0.744 e. The van der Waals surface area contributed by atoms with Crippen molar-refractivity contribution in [2.75, 3.05) is 11.5 Å². The number of nitrogens with zero attached hydrogens (tertiary/aromatic N) is 6. The second kappa shape index (κ2) is 20.2. The molecule has 0 saturated carbocycles. The molecule has 0 radical (unpaired) electrons. The first kappa shape index (κ1) is 50.6. The zero-order valence-corrected chi connectivity index (χ0v) is 41.2. The van der Waals surface area contributed by atoms with Crippen LogP contribution in [0.15, 0.2) is 167 Å². The van der Waals surface area contributed by atoms with Crippen molar-refractivity contribution in [1.82, 2.24) is 0 Å². The molecule has 7 aromatic rings. The van der Waals surface area contributed by atoms with Crippen molar-refractivity contribution in [2.24, 2.45) is 30.7 Å². The fourth-order valence-corrected chi connectivity index (χ4v) is 8.00. The number of nitrogen functional groups attached to an aromatic ring is 2. The number of hydrogen-bond acceptors (Lipinski definition) is 18. The Hall–Kier alpha value is -4.01. The summed E-state index contributed by atoms with van der Waals surface area (Å²) in [7, 11) is -15.4. The molecule has 0 fully saturated rings. The third kappa shape index (κ3) is 11.0. The van der Waals surface area contributed by atoms with Crippen LogP contribution in [0.1, 0.15) is 0 Å². The molecule has 298 valence electrons. The molecule has 0 unspecified atom stereocenters. The Bertz CT molecular complexity index is 3270. The van der Waals surface area contributed by atoms with Gasteiger partial charge < -0.3 is 30.2 Å². The number of phenols is 1. The van der Waals surface area contributed by atoms with Crippen molar-refractivity contribution in [2.45, 2.75) is 14.7 Å². The van der Waals surface area contributed by atoms with E-state index in [2.05, 4.69) is 30.7 Å². The molecule has 0 spiro atoms. The maximum Gasteiger partial charge on any atom is 1.00 e. The van der Waals surface area contributed by atoms with Gasteiger partial charge in [-0.25, -0.2) is 25.3 Å². The largest absolute Gasteiger partial charge is 1.00 e. The van der Waals surface area contributed by atoms with Crippen LogP contribution < -0.4 is 100 Å². The van der Waals surface area contributed by atoms with E-state index < -0.39 is 67.9 Å². The summed E-state index contributed by atoms with van der Waals surface area (Å²) in [4.78, 5) is -2.44. The first-order valence-corrected chi connectivity index (χ1v) is 20.9. The van der Waals surface area contributed by atoms with Crippen molar-refractivity contribution in [3.05, 3.63) is 121 Å². The number of benzene rings is 7. The molecule has 0 bridgehead atoms. The zero-order chi connectivity index (χ0) is 42.3. The van der Waals surface area contributed by atoms with Crippen LogP contribution in [-0.4, -0.2) is 44.0 Å². The minimum absolute atomic E-state index is 0. The Morgan fingerprint density at radius 1 is 0.452 bits per heavy atom. The van der Waals surface area contributed by atoms with Crippen LogP contribution in [0.3, 0.4) is 0 Å². The number of phenolic OH excluding ortho intramolecular Hbond substituents is 1. The van der Waals surface area contributed by atoms with Gasteiger partial charge in [-0.2, -0.15) is 15.3 Å². The van der Waals surface area contributed by atoms with Crippen molar-refractivity contribution < 1.29 is 133 Å². The molecule has 7 aromatic carbocycles. The van der Waals surface area contributed by atoms with Crippen molar-refractivity contribution in [3.63, 3.8) is 0 Å². The van der Waals surface area contributed by atoms with Gasteiger partial charge in [0.05, 0.1) is 48.5 Å². The first-order valence-electron chi connectivity index (χ1n) is 16.7. The van der Waals surface area contributed by atoms with E-state index in [1.165, 1.54) is 48.5 Å². The van der Waals surface area contributed by atoms with Gasteiger partial charge in [0.25, 0.3) is 0 Å². The van der Waals surface area contributed by atoms with Crippen LogP contribution in [0.4, 0.5) is 45.5 Å². The van der Waals surface area contributed by atoms with Gasteiger partial charge in [0.15, 0.2) is 5.75 Å². The van der Waals surface area contributed by atoms with Crippen molar-refractivity contribution in [1.29, 1.82) is 0 Å². The van der Waals surface area contributed by atoms with Crippen molar-refractivity contribution in [3.8, 4) is 16.9 Å². The second-order valence-electron chi connectivity index (χ2n) is 12.5. The van der Waals surface area contributed by atoms with Crippen molar-refractivity contribution >= 4 is 97.4 Å². The van der Waals surface area contributed by atoms with Gasteiger partial charge in [-0.15, -0.1) is 15.3 Å². The molecule has 7 rings (SSSR count). The average molecular weight is 919 g/mol. The van der Waals surface area contributed by atoms with E-state index in [0.717, 1.165) is 23.3 Å². The molecule has 0 saturated heterocycles. The van der Waals surface area contributed by atoms with Crippen LogP contribution >= 0.6 is 0 Å². The third-order valence-electron chi connectivity index (χ3n) is 8.79. The summed E-state index contributed by atoms with van der Waals surface area (Å²) in [6.45, 7) is 0. The molecule has 62 heavy (non-hydrogen) atoms. The van der Waals surface area contributed by atoms with Crippen LogP contribution in [0, 0.1) is 0 Å².